The third kappa shape index (κ3) is 2.19. The Morgan fingerprint density at radius 1 is 1.06 bits per heavy atom. The van der Waals surface area contributed by atoms with Crippen LogP contribution in [-0.4, -0.2) is 22.4 Å². The predicted octanol–water partition coefficient (Wildman–Crippen LogP) is 3.05. The number of aromatic nitrogens is 1. The summed E-state index contributed by atoms with van der Waals surface area (Å²) in [7, 11) is 0. The Morgan fingerprint density at radius 2 is 1.53 bits per heavy atom. The van der Waals surface area contributed by atoms with E-state index in [2.05, 4.69) is 4.98 Å². The van der Waals surface area contributed by atoms with Gasteiger partial charge in [0, 0.05) is 18.0 Å². The maximum Gasteiger partial charge on any atom is 0.430 e. The van der Waals surface area contributed by atoms with Gasteiger partial charge in [-0.3, -0.25) is 4.98 Å². The van der Waals surface area contributed by atoms with Crippen molar-refractivity contribution < 1.29 is 31.4 Å². The van der Waals surface area contributed by atoms with Gasteiger partial charge in [0.05, 0.1) is 5.02 Å². The Kier molecular flexibility index (Phi) is 3.32. The second-order valence-corrected chi connectivity index (χ2v) is 3.47. The van der Waals surface area contributed by atoms with Gasteiger partial charge in [0.25, 0.3) is 5.60 Å². The Morgan fingerprint density at radius 3 is 1.88 bits per heavy atom. The second kappa shape index (κ2) is 4.02. The molecule has 0 fully saturated rings. The van der Waals surface area contributed by atoms with Crippen LogP contribution in [0.4, 0.5) is 26.3 Å². The molecule has 17 heavy (non-hydrogen) atoms. The quantitative estimate of drug-likeness (QED) is 0.802. The molecular weight excluding hydrogens is 276 g/mol. The summed E-state index contributed by atoms with van der Waals surface area (Å²) in [6.45, 7) is 0. The number of rotatable bonds is 1. The molecule has 1 aromatic rings. The molecule has 0 amide bonds. The normalized spacial score (nSPS) is 13.9. The summed E-state index contributed by atoms with van der Waals surface area (Å²) in [6, 6.07) is 0.722. The lowest BCUT2D eigenvalue weighted by Gasteiger charge is -2.32. The minimum absolute atomic E-state index is 0.226. The topological polar surface area (TPSA) is 33.1 Å². The molecule has 1 aromatic heterocycles. The highest BCUT2D eigenvalue weighted by atomic mass is 35.5. The fourth-order valence-corrected chi connectivity index (χ4v) is 1.35. The fourth-order valence-electron chi connectivity index (χ4n) is 1.11. The Balaban J connectivity index is 3.53. The second-order valence-electron chi connectivity index (χ2n) is 3.06. The minimum Gasteiger partial charge on any atom is -0.369 e. The number of nitrogens with zero attached hydrogens (tertiary/aromatic N) is 1. The van der Waals surface area contributed by atoms with E-state index in [9.17, 15) is 26.3 Å². The molecule has 0 saturated carbocycles. The van der Waals surface area contributed by atoms with Crippen LogP contribution in [0.25, 0.3) is 0 Å². The summed E-state index contributed by atoms with van der Waals surface area (Å²) in [5.41, 5.74) is -6.59. The summed E-state index contributed by atoms with van der Waals surface area (Å²) in [5, 5.41) is 8.08. The third-order valence-corrected chi connectivity index (χ3v) is 2.31. The molecule has 0 aliphatic carbocycles. The lowest BCUT2D eigenvalue weighted by atomic mass is 9.94. The van der Waals surface area contributed by atoms with Crippen LogP contribution in [0, 0.1) is 0 Å². The molecule has 0 spiro atoms. The third-order valence-electron chi connectivity index (χ3n) is 1.98. The van der Waals surface area contributed by atoms with Gasteiger partial charge in [-0.25, -0.2) is 0 Å². The highest BCUT2D eigenvalue weighted by molar-refractivity contribution is 6.31. The fraction of sp³-hybridized carbons (Fsp3) is 0.375. The summed E-state index contributed by atoms with van der Waals surface area (Å²) in [6.07, 6.45) is -10.8. The van der Waals surface area contributed by atoms with Gasteiger partial charge < -0.3 is 5.11 Å². The van der Waals surface area contributed by atoms with Crippen molar-refractivity contribution in [2.75, 3.05) is 0 Å². The van der Waals surface area contributed by atoms with E-state index in [4.69, 9.17) is 16.7 Å². The van der Waals surface area contributed by atoms with Crippen molar-refractivity contribution in [1.29, 1.82) is 0 Å². The highest BCUT2D eigenvalue weighted by Crippen LogP contribution is 2.51. The predicted molar refractivity (Wildman–Crippen MR) is 45.3 cm³/mol. The molecule has 1 N–H and O–H groups in total. The number of halogens is 7. The zero-order valence-corrected chi connectivity index (χ0v) is 8.53. The molecule has 0 saturated heterocycles. The lowest BCUT2D eigenvalue weighted by molar-refractivity contribution is -0.376. The van der Waals surface area contributed by atoms with E-state index in [1.165, 1.54) is 0 Å². The molecule has 0 bridgehead atoms. The van der Waals surface area contributed by atoms with E-state index in [0.717, 1.165) is 12.3 Å². The molecule has 2 nitrogen and oxygen atoms in total. The molecule has 0 unspecified atom stereocenters. The van der Waals surface area contributed by atoms with Crippen LogP contribution in [0.1, 0.15) is 5.56 Å². The van der Waals surface area contributed by atoms with Gasteiger partial charge in [-0.15, -0.1) is 0 Å². The SMILES string of the molecule is OC(c1cnccc1Cl)(C(F)(F)F)C(F)(F)F. The summed E-state index contributed by atoms with van der Waals surface area (Å²) in [5.74, 6) is 0. The van der Waals surface area contributed by atoms with Gasteiger partial charge in [0.15, 0.2) is 0 Å². The van der Waals surface area contributed by atoms with Gasteiger partial charge in [0.1, 0.15) is 0 Å². The molecule has 96 valence electrons. The standard InChI is InChI=1S/C8H4ClF6NO/c9-5-1-2-16-3-4(5)6(17,7(10,11)12)8(13,14)15/h1-3,17H. The minimum atomic E-state index is -5.96. The van der Waals surface area contributed by atoms with Crippen LogP contribution in [0.2, 0.25) is 5.02 Å². The zero-order valence-electron chi connectivity index (χ0n) is 7.77. The van der Waals surface area contributed by atoms with Crippen LogP contribution in [0.15, 0.2) is 18.5 Å². The molecule has 0 aliphatic rings. The zero-order chi connectivity index (χ0) is 13.5. The molecule has 1 rings (SSSR count). The van der Waals surface area contributed by atoms with E-state index in [1.807, 2.05) is 0 Å². The monoisotopic (exact) mass is 279 g/mol. The largest absolute Gasteiger partial charge is 0.430 e. The van der Waals surface area contributed by atoms with Crippen molar-refractivity contribution in [3.8, 4) is 0 Å². The number of hydrogen-bond donors (Lipinski definition) is 1. The number of alkyl halides is 6. The van der Waals surface area contributed by atoms with E-state index in [0.29, 0.717) is 0 Å². The highest BCUT2D eigenvalue weighted by Gasteiger charge is 2.72. The Bertz CT molecular complexity index is 401. The van der Waals surface area contributed by atoms with Gasteiger partial charge >= 0.3 is 12.4 Å². The van der Waals surface area contributed by atoms with E-state index in [1.54, 1.807) is 0 Å². The first-order chi connectivity index (χ1) is 7.52. The van der Waals surface area contributed by atoms with Crippen molar-refractivity contribution >= 4 is 11.6 Å². The molecule has 0 aromatic carbocycles. The Labute approximate surface area is 95.8 Å². The van der Waals surface area contributed by atoms with E-state index >= 15 is 0 Å². The Hall–Kier alpha value is -1.02. The van der Waals surface area contributed by atoms with Crippen molar-refractivity contribution in [3.05, 3.63) is 29.0 Å². The average Bonchev–Trinajstić information content (AvgIpc) is 2.13. The average molecular weight is 280 g/mol. The van der Waals surface area contributed by atoms with Gasteiger partial charge in [-0.2, -0.15) is 26.3 Å². The molecular formula is C8H4ClF6NO. The van der Waals surface area contributed by atoms with Crippen LogP contribution >= 0.6 is 11.6 Å². The van der Waals surface area contributed by atoms with Gasteiger partial charge in [-0.05, 0) is 6.07 Å². The summed E-state index contributed by atoms with van der Waals surface area (Å²) in [4.78, 5) is 3.09. The molecule has 0 aliphatic heterocycles. The van der Waals surface area contributed by atoms with Gasteiger partial charge in [-0.1, -0.05) is 11.6 Å². The maximum absolute atomic E-state index is 12.4. The van der Waals surface area contributed by atoms with Crippen LogP contribution in [0.3, 0.4) is 0 Å². The van der Waals surface area contributed by atoms with E-state index in [-0.39, 0.29) is 6.20 Å². The smallest absolute Gasteiger partial charge is 0.369 e. The summed E-state index contributed by atoms with van der Waals surface area (Å²) >= 11 is 5.22. The van der Waals surface area contributed by atoms with Gasteiger partial charge in [0.2, 0.25) is 0 Å². The maximum atomic E-state index is 12.4. The lowest BCUT2D eigenvalue weighted by Crippen LogP contribution is -2.54. The van der Waals surface area contributed by atoms with E-state index < -0.39 is 28.5 Å². The molecule has 1 heterocycles. The number of aliphatic hydroxyl groups is 1. The van der Waals surface area contributed by atoms with Crippen LogP contribution in [0.5, 0.6) is 0 Å². The first-order valence-electron chi connectivity index (χ1n) is 3.97. The number of pyridine rings is 1. The molecule has 9 heteroatoms. The van der Waals surface area contributed by atoms with Crippen molar-refractivity contribution in [3.63, 3.8) is 0 Å². The number of hydrogen-bond acceptors (Lipinski definition) is 2. The molecule has 0 radical (unpaired) electrons. The van der Waals surface area contributed by atoms with Crippen molar-refractivity contribution in [1.82, 2.24) is 4.98 Å². The molecule has 0 atom stereocenters. The first kappa shape index (κ1) is 14.0. The summed E-state index contributed by atoms with van der Waals surface area (Å²) < 4.78 is 74.5. The van der Waals surface area contributed by atoms with Crippen molar-refractivity contribution in [2.24, 2.45) is 0 Å². The van der Waals surface area contributed by atoms with Crippen LogP contribution in [-0.2, 0) is 5.60 Å². The van der Waals surface area contributed by atoms with Crippen molar-refractivity contribution in [2.45, 2.75) is 18.0 Å². The van der Waals surface area contributed by atoms with Crippen LogP contribution < -0.4 is 0 Å². The first-order valence-corrected chi connectivity index (χ1v) is 4.35.